The Labute approximate surface area is 163 Å². The first kappa shape index (κ1) is 19.7. The van der Waals surface area contributed by atoms with Gasteiger partial charge in [-0.1, -0.05) is 18.2 Å². The van der Waals surface area contributed by atoms with E-state index in [9.17, 15) is 14.0 Å². The van der Waals surface area contributed by atoms with E-state index in [4.69, 9.17) is 9.47 Å². The molecule has 148 valence electrons. The molecular formula is C21H23FN2O4. The van der Waals surface area contributed by atoms with Crippen LogP contribution in [0.2, 0.25) is 0 Å². The van der Waals surface area contributed by atoms with Gasteiger partial charge in [-0.25, -0.2) is 4.39 Å². The highest BCUT2D eigenvalue weighted by Crippen LogP contribution is 2.31. The third kappa shape index (κ3) is 3.93. The first-order valence-corrected chi connectivity index (χ1v) is 9.01. The van der Waals surface area contributed by atoms with Gasteiger partial charge in [-0.05, 0) is 36.8 Å². The number of nitrogens with zero attached hydrogens (tertiary/aromatic N) is 1. The lowest BCUT2D eigenvalue weighted by Crippen LogP contribution is -2.34. The van der Waals surface area contributed by atoms with Crippen LogP contribution >= 0.6 is 0 Å². The molecule has 2 atom stereocenters. The molecule has 2 aromatic carbocycles. The fourth-order valence-corrected chi connectivity index (χ4v) is 3.32. The molecule has 6 nitrogen and oxygen atoms in total. The maximum absolute atomic E-state index is 14.0. The molecule has 1 aliphatic rings. The molecule has 28 heavy (non-hydrogen) atoms. The van der Waals surface area contributed by atoms with E-state index in [-0.39, 0.29) is 36.5 Å². The lowest BCUT2D eigenvalue weighted by molar-refractivity contribution is -0.126. The van der Waals surface area contributed by atoms with Gasteiger partial charge in [0.1, 0.15) is 5.82 Å². The lowest BCUT2D eigenvalue weighted by Gasteiger charge is -2.20. The van der Waals surface area contributed by atoms with E-state index in [0.717, 1.165) is 5.56 Å². The summed E-state index contributed by atoms with van der Waals surface area (Å²) in [5.74, 6) is -0.335. The number of benzene rings is 2. The third-order valence-electron chi connectivity index (χ3n) is 4.91. The van der Waals surface area contributed by atoms with E-state index in [0.29, 0.717) is 11.5 Å². The van der Waals surface area contributed by atoms with E-state index in [1.807, 2.05) is 13.0 Å². The molecule has 1 fully saturated rings. The molecule has 1 aliphatic heterocycles. The summed E-state index contributed by atoms with van der Waals surface area (Å²) in [7, 11) is 3.10. The van der Waals surface area contributed by atoms with Crippen molar-refractivity contribution in [1.82, 2.24) is 5.32 Å². The zero-order valence-corrected chi connectivity index (χ0v) is 16.1. The smallest absolute Gasteiger partial charge is 0.227 e. The van der Waals surface area contributed by atoms with Crippen LogP contribution < -0.4 is 19.7 Å². The lowest BCUT2D eigenvalue weighted by atomic mass is 10.0. The predicted octanol–water partition coefficient (Wildman–Crippen LogP) is 3.07. The quantitative estimate of drug-likeness (QED) is 0.829. The number of anilines is 1. The highest BCUT2D eigenvalue weighted by atomic mass is 19.1. The van der Waals surface area contributed by atoms with Crippen molar-refractivity contribution in [3.63, 3.8) is 0 Å². The topological polar surface area (TPSA) is 67.9 Å². The average Bonchev–Trinajstić information content (AvgIpc) is 3.09. The Balaban J connectivity index is 1.68. The van der Waals surface area contributed by atoms with E-state index < -0.39 is 11.7 Å². The van der Waals surface area contributed by atoms with Crippen LogP contribution in [-0.2, 0) is 9.59 Å². The molecule has 1 N–H and O–H groups in total. The molecule has 2 aromatic rings. The largest absolute Gasteiger partial charge is 0.493 e. The number of carbonyl (C=O) groups excluding carboxylic acids is 2. The molecule has 0 saturated carbocycles. The summed E-state index contributed by atoms with van der Waals surface area (Å²) < 4.78 is 24.5. The maximum Gasteiger partial charge on any atom is 0.227 e. The first-order chi connectivity index (χ1) is 13.4. The molecule has 0 radical (unpaired) electrons. The normalized spacial score (nSPS) is 17.4. The average molecular weight is 386 g/mol. The second kappa shape index (κ2) is 8.29. The first-order valence-electron chi connectivity index (χ1n) is 9.01. The number of ether oxygens (including phenoxy) is 2. The zero-order chi connectivity index (χ0) is 20.3. The number of hydrogen-bond acceptors (Lipinski definition) is 4. The van der Waals surface area contributed by atoms with Gasteiger partial charge < -0.3 is 19.7 Å². The van der Waals surface area contributed by atoms with Crippen LogP contribution in [0.4, 0.5) is 10.1 Å². The number of rotatable bonds is 6. The fourth-order valence-electron chi connectivity index (χ4n) is 3.32. The summed E-state index contributed by atoms with van der Waals surface area (Å²) in [5, 5.41) is 2.93. The van der Waals surface area contributed by atoms with Gasteiger partial charge in [0.25, 0.3) is 0 Å². The van der Waals surface area contributed by atoms with E-state index in [1.54, 1.807) is 44.6 Å². The van der Waals surface area contributed by atoms with Crippen LogP contribution in [0.25, 0.3) is 0 Å². The van der Waals surface area contributed by atoms with Crippen LogP contribution in [0.1, 0.15) is 24.9 Å². The SMILES string of the molecule is COc1ccc(C(C)NC(=O)C2CC(=O)N(c3ccccc3F)C2)cc1OC. The van der Waals surface area contributed by atoms with E-state index >= 15 is 0 Å². The summed E-state index contributed by atoms with van der Waals surface area (Å²) in [5.41, 5.74) is 1.05. The molecule has 0 bridgehead atoms. The van der Waals surface area contributed by atoms with Crippen molar-refractivity contribution in [2.24, 2.45) is 5.92 Å². The minimum absolute atomic E-state index is 0.0544. The Kier molecular flexibility index (Phi) is 5.82. The van der Waals surface area contributed by atoms with Crippen molar-refractivity contribution in [2.45, 2.75) is 19.4 Å². The standard InChI is InChI=1S/C21H23FN2O4/c1-13(14-8-9-18(27-2)19(10-14)28-3)23-21(26)15-11-20(25)24(12-15)17-7-5-4-6-16(17)22/h4-10,13,15H,11-12H2,1-3H3,(H,23,26). The number of halogens is 1. The summed E-state index contributed by atoms with van der Waals surface area (Å²) >= 11 is 0. The van der Waals surface area contributed by atoms with Crippen molar-refractivity contribution in [2.75, 3.05) is 25.7 Å². The van der Waals surface area contributed by atoms with Gasteiger partial charge in [-0.3, -0.25) is 9.59 Å². The Morgan fingerprint density at radius 2 is 1.89 bits per heavy atom. The van der Waals surface area contributed by atoms with Crippen molar-refractivity contribution < 1.29 is 23.5 Å². The maximum atomic E-state index is 14.0. The van der Waals surface area contributed by atoms with Gasteiger partial charge in [0, 0.05) is 13.0 Å². The second-order valence-electron chi connectivity index (χ2n) is 6.70. The number of methoxy groups -OCH3 is 2. The van der Waals surface area contributed by atoms with Gasteiger partial charge in [-0.15, -0.1) is 0 Å². The molecular weight excluding hydrogens is 363 g/mol. The number of nitrogens with one attached hydrogen (secondary N) is 1. The Hall–Kier alpha value is -3.09. The molecule has 1 saturated heterocycles. The minimum atomic E-state index is -0.533. The van der Waals surface area contributed by atoms with Gasteiger partial charge in [0.2, 0.25) is 11.8 Å². The highest BCUT2D eigenvalue weighted by molar-refractivity contribution is 6.00. The predicted molar refractivity (Wildman–Crippen MR) is 103 cm³/mol. The number of hydrogen-bond donors (Lipinski definition) is 1. The molecule has 1 heterocycles. The van der Waals surface area contributed by atoms with Gasteiger partial charge in [0.05, 0.1) is 31.9 Å². The van der Waals surface area contributed by atoms with E-state index in [2.05, 4.69) is 5.32 Å². The fraction of sp³-hybridized carbons (Fsp3) is 0.333. The Morgan fingerprint density at radius 3 is 2.57 bits per heavy atom. The minimum Gasteiger partial charge on any atom is -0.493 e. The molecule has 0 aliphatic carbocycles. The second-order valence-corrected chi connectivity index (χ2v) is 6.70. The van der Waals surface area contributed by atoms with Gasteiger partial charge in [-0.2, -0.15) is 0 Å². The summed E-state index contributed by atoms with van der Waals surface area (Å²) in [6.45, 7) is 2.01. The zero-order valence-electron chi connectivity index (χ0n) is 16.1. The Morgan fingerprint density at radius 1 is 1.18 bits per heavy atom. The summed E-state index contributed by atoms with van der Waals surface area (Å²) in [6.07, 6.45) is 0.0544. The number of carbonyl (C=O) groups is 2. The summed E-state index contributed by atoms with van der Waals surface area (Å²) in [6, 6.07) is 11.2. The van der Waals surface area contributed by atoms with E-state index in [1.165, 1.54) is 11.0 Å². The highest BCUT2D eigenvalue weighted by Gasteiger charge is 2.36. The van der Waals surface area contributed by atoms with Gasteiger partial charge >= 0.3 is 0 Å². The summed E-state index contributed by atoms with van der Waals surface area (Å²) in [4.78, 5) is 26.3. The number of para-hydroxylation sites is 1. The molecule has 2 amide bonds. The van der Waals surface area contributed by atoms with Crippen molar-refractivity contribution in [3.8, 4) is 11.5 Å². The number of amides is 2. The van der Waals surface area contributed by atoms with Crippen molar-refractivity contribution >= 4 is 17.5 Å². The van der Waals surface area contributed by atoms with Crippen LogP contribution in [0.3, 0.4) is 0 Å². The van der Waals surface area contributed by atoms with Crippen molar-refractivity contribution in [1.29, 1.82) is 0 Å². The third-order valence-corrected chi connectivity index (χ3v) is 4.91. The van der Waals surface area contributed by atoms with Crippen LogP contribution in [0, 0.1) is 11.7 Å². The van der Waals surface area contributed by atoms with Crippen LogP contribution in [-0.4, -0.2) is 32.6 Å². The van der Waals surface area contributed by atoms with Gasteiger partial charge in [0.15, 0.2) is 11.5 Å². The van der Waals surface area contributed by atoms with Crippen LogP contribution in [0.5, 0.6) is 11.5 Å². The van der Waals surface area contributed by atoms with Crippen molar-refractivity contribution in [3.05, 3.63) is 53.8 Å². The van der Waals surface area contributed by atoms with Crippen LogP contribution in [0.15, 0.2) is 42.5 Å². The molecule has 3 rings (SSSR count). The Bertz CT molecular complexity index is 886. The molecule has 2 unspecified atom stereocenters. The molecule has 0 aromatic heterocycles. The molecule has 7 heteroatoms. The monoisotopic (exact) mass is 386 g/mol. The molecule has 0 spiro atoms.